The Morgan fingerprint density at radius 2 is 1.72 bits per heavy atom. The maximum atomic E-state index is 14.5. The largest absolute Gasteiger partial charge is 0.478 e. The highest BCUT2D eigenvalue weighted by Crippen LogP contribution is 2.49. The fourth-order valence-corrected chi connectivity index (χ4v) is 6.12. The van der Waals surface area contributed by atoms with Gasteiger partial charge in [0.2, 0.25) is 11.5 Å². The van der Waals surface area contributed by atoms with Crippen molar-refractivity contribution >= 4 is 29.7 Å². The minimum absolute atomic E-state index is 0.00544. The van der Waals surface area contributed by atoms with Crippen LogP contribution in [-0.2, 0) is 4.79 Å². The lowest BCUT2D eigenvalue weighted by atomic mass is 9.67. The Hall–Kier alpha value is -3.69. The van der Waals surface area contributed by atoms with Crippen molar-refractivity contribution in [2.24, 2.45) is 10.5 Å². The number of Topliss-reactive ketones (excluding diaryl/α,β-unsaturated/α-hetero) is 1. The number of hydrogen-bond donors (Lipinski definition) is 3. The number of hydrogen-bond acceptors (Lipinski definition) is 7. The average Bonchev–Trinajstić information content (AvgIpc) is 3.29. The number of nitrogens with one attached hydrogen (secondary N) is 2. The van der Waals surface area contributed by atoms with Gasteiger partial charge >= 0.3 is 11.9 Å². The van der Waals surface area contributed by atoms with Gasteiger partial charge < -0.3 is 15.7 Å². The van der Waals surface area contributed by atoms with E-state index in [9.17, 15) is 19.5 Å². The summed E-state index contributed by atoms with van der Waals surface area (Å²) in [6.07, 6.45) is 4.85. The Morgan fingerprint density at radius 3 is 2.33 bits per heavy atom. The second-order valence-electron chi connectivity index (χ2n) is 11.5. The van der Waals surface area contributed by atoms with Crippen LogP contribution in [0.2, 0.25) is 0 Å². The maximum absolute atomic E-state index is 14.5. The molecule has 9 nitrogen and oxygen atoms in total. The molecule has 1 saturated heterocycles. The Morgan fingerprint density at radius 1 is 1.03 bits per heavy atom. The molecule has 1 aromatic carbocycles. The summed E-state index contributed by atoms with van der Waals surface area (Å²) in [5.74, 6) is -0.859. The molecule has 3 aliphatic rings. The Kier molecular flexibility index (Phi) is 6.99. The molecular formula is C30H36N5O4+. The number of carbonyl (C=O) groups excluding carboxylic acids is 2. The molecule has 9 heteroatoms. The van der Waals surface area contributed by atoms with Crippen LogP contribution in [0.15, 0.2) is 52.8 Å². The quantitative estimate of drug-likeness (QED) is 0.466. The Labute approximate surface area is 228 Å². The van der Waals surface area contributed by atoms with Crippen LogP contribution in [0.1, 0.15) is 74.1 Å². The van der Waals surface area contributed by atoms with Crippen LogP contribution < -0.4 is 10.6 Å². The van der Waals surface area contributed by atoms with Crippen LogP contribution in [0.5, 0.6) is 0 Å². The van der Waals surface area contributed by atoms with E-state index in [0.717, 1.165) is 43.5 Å². The van der Waals surface area contributed by atoms with Crippen molar-refractivity contribution in [3.8, 4) is 11.3 Å². The fraction of sp³-hybridized carbons (Fsp3) is 0.433. The zero-order chi connectivity index (χ0) is 27.9. The van der Waals surface area contributed by atoms with Gasteiger partial charge in [-0.2, -0.15) is 0 Å². The van der Waals surface area contributed by atoms with Gasteiger partial charge in [-0.1, -0.05) is 21.8 Å². The van der Waals surface area contributed by atoms with Crippen molar-refractivity contribution in [2.45, 2.75) is 65.5 Å². The van der Waals surface area contributed by atoms with Crippen molar-refractivity contribution in [1.29, 1.82) is 0 Å². The first-order valence-electron chi connectivity index (χ1n) is 13.6. The molecule has 1 fully saturated rings. The number of carboxylic acids is 1. The smallest absolute Gasteiger partial charge is 0.381 e. The second kappa shape index (κ2) is 10.1. The van der Waals surface area contributed by atoms with Gasteiger partial charge in [-0.3, -0.25) is 4.79 Å². The molecule has 39 heavy (non-hydrogen) atoms. The number of anilines is 1. The molecule has 1 aliphatic carbocycles. The number of carboxylic acid groups (broad SMARTS) is 1. The first-order chi connectivity index (χ1) is 18.6. The maximum Gasteiger partial charge on any atom is 0.381 e. The third kappa shape index (κ3) is 4.70. The van der Waals surface area contributed by atoms with Gasteiger partial charge in [0, 0.05) is 23.6 Å². The van der Waals surface area contributed by atoms with E-state index in [4.69, 9.17) is 10.1 Å². The molecule has 0 bridgehead atoms. The molecule has 1 unspecified atom stereocenters. The van der Waals surface area contributed by atoms with Crippen LogP contribution in [0.3, 0.4) is 0 Å². The van der Waals surface area contributed by atoms with Crippen molar-refractivity contribution in [2.75, 3.05) is 18.4 Å². The average molecular weight is 531 g/mol. The van der Waals surface area contributed by atoms with Crippen molar-refractivity contribution in [3.05, 3.63) is 58.8 Å². The molecule has 1 amide bonds. The first-order valence-corrected chi connectivity index (χ1v) is 13.6. The molecule has 0 saturated carbocycles. The molecule has 5 rings (SSSR count). The lowest BCUT2D eigenvalue weighted by Crippen LogP contribution is -2.54. The minimum Gasteiger partial charge on any atom is -0.478 e. The number of aromatic carboxylic acids is 1. The Bertz CT molecular complexity index is 1390. The van der Waals surface area contributed by atoms with Crippen LogP contribution in [0, 0.1) is 5.41 Å². The van der Waals surface area contributed by atoms with E-state index in [2.05, 4.69) is 10.6 Å². The lowest BCUT2D eigenvalue weighted by Gasteiger charge is -2.41. The number of rotatable bonds is 6. The van der Waals surface area contributed by atoms with Gasteiger partial charge in [-0.25, -0.2) is 14.6 Å². The number of allylic oxidation sites excluding steroid dienone is 2. The number of aromatic nitrogens is 1. The SMILES string of the molecule is CC(C)Nc1nc(-c2ccc(C(=O)O)cc2)ccc1C(=O)[N+]1(C(C)C)N=CC2=C1C(=O)CC1(CCNCC1)C2. The van der Waals surface area contributed by atoms with Crippen molar-refractivity contribution < 1.29 is 24.1 Å². The summed E-state index contributed by atoms with van der Waals surface area (Å²) >= 11 is 0. The highest BCUT2D eigenvalue weighted by molar-refractivity contribution is 6.07. The fourth-order valence-electron chi connectivity index (χ4n) is 6.12. The first kappa shape index (κ1) is 26.9. The molecular weight excluding hydrogens is 494 g/mol. The number of carbonyl (C=O) groups is 3. The van der Waals surface area contributed by atoms with Gasteiger partial charge in [-0.15, -0.1) is 0 Å². The summed E-state index contributed by atoms with van der Waals surface area (Å²) in [4.78, 5) is 44.3. The predicted molar refractivity (Wildman–Crippen MR) is 149 cm³/mol. The zero-order valence-corrected chi connectivity index (χ0v) is 23.0. The highest BCUT2D eigenvalue weighted by Gasteiger charge is 2.57. The molecule has 3 heterocycles. The molecule has 2 aromatic rings. The van der Waals surface area contributed by atoms with Gasteiger partial charge in [0.15, 0.2) is 0 Å². The lowest BCUT2D eigenvalue weighted by molar-refractivity contribution is -0.833. The summed E-state index contributed by atoms with van der Waals surface area (Å²) in [5.41, 5.74) is 3.22. The summed E-state index contributed by atoms with van der Waals surface area (Å²) in [7, 11) is 0. The van der Waals surface area contributed by atoms with E-state index in [1.54, 1.807) is 30.5 Å². The van der Waals surface area contributed by atoms with E-state index >= 15 is 0 Å². The second-order valence-corrected chi connectivity index (χ2v) is 11.5. The summed E-state index contributed by atoms with van der Waals surface area (Å²) in [6, 6.07) is 9.66. The van der Waals surface area contributed by atoms with Gasteiger partial charge in [0.25, 0.3) is 0 Å². The minimum atomic E-state index is -0.997. The monoisotopic (exact) mass is 530 g/mol. The third-order valence-electron chi connectivity index (χ3n) is 8.11. The number of nitrogens with zero attached hydrogens (tertiary/aromatic N) is 3. The van der Waals surface area contributed by atoms with Crippen LogP contribution >= 0.6 is 0 Å². The van der Waals surface area contributed by atoms with Crippen LogP contribution in [-0.4, -0.2) is 63.7 Å². The summed E-state index contributed by atoms with van der Waals surface area (Å²) < 4.78 is -0.385. The van der Waals surface area contributed by atoms with E-state index < -0.39 is 5.97 Å². The van der Waals surface area contributed by atoms with Crippen molar-refractivity contribution in [1.82, 2.24) is 10.3 Å². The molecule has 204 valence electrons. The van der Waals surface area contributed by atoms with Gasteiger partial charge in [0.05, 0.1) is 17.5 Å². The zero-order valence-electron chi connectivity index (χ0n) is 23.0. The van der Waals surface area contributed by atoms with Gasteiger partial charge in [-0.05, 0) is 89.7 Å². The molecule has 0 radical (unpaired) electrons. The number of amides is 1. The van der Waals surface area contributed by atoms with Gasteiger partial charge in [0.1, 0.15) is 17.4 Å². The van der Waals surface area contributed by atoms with E-state index in [0.29, 0.717) is 29.2 Å². The standard InChI is InChI=1S/C30H35N5O4/c1-18(2)33-27-23(9-10-24(34-27)20-5-7-21(8-6-20)29(38)39)28(37)35(19(3)4)26-22(17-32-35)15-30(16-25(26)36)11-13-31-14-12-30/h5-10,17-19,31H,11-16H2,1-4H3,(H-,33,34,37,38,39)/p+1. The normalized spacial score (nSPS) is 22.1. The number of pyridine rings is 1. The van der Waals surface area contributed by atoms with Crippen LogP contribution in [0.25, 0.3) is 11.3 Å². The van der Waals surface area contributed by atoms with E-state index in [1.807, 2.05) is 27.7 Å². The van der Waals surface area contributed by atoms with Crippen molar-refractivity contribution in [3.63, 3.8) is 0 Å². The molecule has 1 spiro atoms. The van der Waals surface area contributed by atoms with E-state index in [1.165, 1.54) is 12.1 Å². The highest BCUT2D eigenvalue weighted by atomic mass is 16.4. The molecule has 3 N–H and O–H groups in total. The Balaban J connectivity index is 1.56. The molecule has 2 aliphatic heterocycles. The number of ketones is 1. The number of quaternary nitrogens is 1. The summed E-state index contributed by atoms with van der Waals surface area (Å²) in [5, 5.41) is 20.7. The number of benzene rings is 1. The van der Waals surface area contributed by atoms with Crippen LogP contribution in [0.4, 0.5) is 5.82 Å². The molecule has 1 aromatic heterocycles. The summed E-state index contributed by atoms with van der Waals surface area (Å²) in [6.45, 7) is 9.59. The molecule has 1 atom stereocenters. The topological polar surface area (TPSA) is 121 Å². The third-order valence-corrected chi connectivity index (χ3v) is 8.11. The predicted octanol–water partition coefficient (Wildman–Crippen LogP) is 4.62. The van der Waals surface area contributed by atoms with E-state index in [-0.39, 0.29) is 39.3 Å². The number of piperidine rings is 1.